The predicted molar refractivity (Wildman–Crippen MR) is 110 cm³/mol. The monoisotopic (exact) mass is 400 g/mol. The zero-order valence-electron chi connectivity index (χ0n) is 16.5. The van der Waals surface area contributed by atoms with Gasteiger partial charge in [0.2, 0.25) is 11.8 Å². The standard InChI is InChI=1S/C23H29ClN2O2/c1-14-7-18(24)4-5-19(14)25-21(27)20-3-2-6-26(20)22(28)23-11-15-8-16(12-23)10-17(9-15)13-23/h4-5,7,15-17,20H,2-3,6,8-13H2,1H3,(H,25,27)/t15?,16?,17?,20-,23?/m1/s1. The molecule has 2 amide bonds. The van der Waals surface area contributed by atoms with E-state index in [-0.39, 0.29) is 23.3 Å². The number of hydrogen-bond donors (Lipinski definition) is 1. The summed E-state index contributed by atoms with van der Waals surface area (Å²) in [6.45, 7) is 2.66. The van der Waals surface area contributed by atoms with E-state index in [0.29, 0.717) is 5.02 Å². The summed E-state index contributed by atoms with van der Waals surface area (Å²) in [5.41, 5.74) is 1.55. The highest BCUT2D eigenvalue weighted by atomic mass is 35.5. The molecule has 5 fully saturated rings. The molecule has 4 bridgehead atoms. The average molecular weight is 401 g/mol. The lowest BCUT2D eigenvalue weighted by atomic mass is 9.49. The summed E-state index contributed by atoms with van der Waals surface area (Å²) in [4.78, 5) is 28.7. The van der Waals surface area contributed by atoms with Gasteiger partial charge < -0.3 is 10.2 Å². The fourth-order valence-corrected chi connectivity index (χ4v) is 7.17. The van der Waals surface area contributed by atoms with Gasteiger partial charge in [0.05, 0.1) is 5.41 Å². The van der Waals surface area contributed by atoms with E-state index >= 15 is 0 Å². The van der Waals surface area contributed by atoms with Crippen molar-refractivity contribution < 1.29 is 9.59 Å². The molecule has 1 saturated heterocycles. The van der Waals surface area contributed by atoms with Crippen molar-refractivity contribution in [2.24, 2.45) is 23.2 Å². The van der Waals surface area contributed by atoms with Crippen LogP contribution < -0.4 is 5.32 Å². The smallest absolute Gasteiger partial charge is 0.247 e. The van der Waals surface area contributed by atoms with Crippen LogP contribution in [0.15, 0.2) is 18.2 Å². The van der Waals surface area contributed by atoms with Crippen molar-refractivity contribution >= 4 is 29.1 Å². The Morgan fingerprint density at radius 1 is 1.11 bits per heavy atom. The van der Waals surface area contributed by atoms with Gasteiger partial charge in [-0.1, -0.05) is 11.6 Å². The molecule has 5 aliphatic rings. The van der Waals surface area contributed by atoms with Crippen molar-refractivity contribution in [1.82, 2.24) is 4.90 Å². The summed E-state index contributed by atoms with van der Waals surface area (Å²) in [5, 5.41) is 3.71. The van der Waals surface area contributed by atoms with Crippen LogP contribution in [-0.4, -0.2) is 29.3 Å². The molecule has 1 atom stereocenters. The Kier molecular flexibility index (Phi) is 4.46. The molecule has 28 heavy (non-hydrogen) atoms. The van der Waals surface area contributed by atoms with Gasteiger partial charge in [-0.2, -0.15) is 0 Å². The van der Waals surface area contributed by atoms with E-state index in [1.165, 1.54) is 19.3 Å². The number of rotatable bonds is 3. The van der Waals surface area contributed by atoms with Gasteiger partial charge in [0.15, 0.2) is 0 Å². The van der Waals surface area contributed by atoms with E-state index < -0.39 is 0 Å². The molecule has 0 unspecified atom stereocenters. The van der Waals surface area contributed by atoms with Crippen molar-refractivity contribution in [3.05, 3.63) is 28.8 Å². The minimum atomic E-state index is -0.337. The number of carbonyl (C=O) groups is 2. The molecular formula is C23H29ClN2O2. The maximum atomic E-state index is 13.7. The van der Waals surface area contributed by atoms with Crippen LogP contribution in [0.1, 0.15) is 56.9 Å². The molecule has 1 N–H and O–H groups in total. The molecule has 4 nitrogen and oxygen atoms in total. The Morgan fingerprint density at radius 3 is 2.36 bits per heavy atom. The Morgan fingerprint density at radius 2 is 1.75 bits per heavy atom. The number of benzene rings is 1. The molecule has 150 valence electrons. The van der Waals surface area contributed by atoms with E-state index in [1.54, 1.807) is 6.07 Å². The van der Waals surface area contributed by atoms with Crippen LogP contribution in [0.3, 0.4) is 0 Å². The van der Waals surface area contributed by atoms with Crippen molar-refractivity contribution in [3.63, 3.8) is 0 Å². The number of hydrogen-bond acceptors (Lipinski definition) is 2. The normalized spacial score (nSPS) is 36.0. The van der Waals surface area contributed by atoms with E-state index in [0.717, 1.165) is 67.7 Å². The molecule has 1 aliphatic heterocycles. The van der Waals surface area contributed by atoms with Crippen molar-refractivity contribution in [3.8, 4) is 0 Å². The second-order valence-corrected chi connectivity index (χ2v) is 10.2. The third-order valence-electron chi connectivity index (χ3n) is 7.75. The first kappa shape index (κ1) is 18.5. The van der Waals surface area contributed by atoms with Crippen molar-refractivity contribution in [2.75, 3.05) is 11.9 Å². The van der Waals surface area contributed by atoms with Gasteiger partial charge in [0.1, 0.15) is 6.04 Å². The fourth-order valence-electron chi connectivity index (χ4n) is 6.94. The van der Waals surface area contributed by atoms with Gasteiger partial charge in [-0.3, -0.25) is 9.59 Å². The van der Waals surface area contributed by atoms with Gasteiger partial charge in [-0.15, -0.1) is 0 Å². The number of likely N-dealkylation sites (tertiary alicyclic amines) is 1. The van der Waals surface area contributed by atoms with Crippen LogP contribution in [0.2, 0.25) is 5.02 Å². The van der Waals surface area contributed by atoms with E-state index in [1.807, 2.05) is 24.0 Å². The molecule has 6 rings (SSSR count). The summed E-state index contributed by atoms with van der Waals surface area (Å²) in [5.74, 6) is 2.43. The number of nitrogens with zero attached hydrogens (tertiary/aromatic N) is 1. The summed E-state index contributed by atoms with van der Waals surface area (Å²) >= 11 is 6.03. The van der Waals surface area contributed by atoms with Crippen LogP contribution in [0.25, 0.3) is 0 Å². The highest BCUT2D eigenvalue weighted by Gasteiger charge is 2.56. The molecule has 1 aromatic rings. The second-order valence-electron chi connectivity index (χ2n) is 9.80. The van der Waals surface area contributed by atoms with E-state index in [4.69, 9.17) is 11.6 Å². The van der Waals surface area contributed by atoms with Crippen molar-refractivity contribution in [2.45, 2.75) is 64.3 Å². The minimum absolute atomic E-state index is 0.0546. The first-order valence-electron chi connectivity index (χ1n) is 10.8. The third-order valence-corrected chi connectivity index (χ3v) is 7.99. The molecular weight excluding hydrogens is 372 g/mol. The SMILES string of the molecule is Cc1cc(Cl)ccc1NC(=O)[C@H]1CCCN1C(=O)C12CC3CC(CC(C3)C1)C2. The molecule has 1 heterocycles. The Bertz CT molecular complexity index is 786. The largest absolute Gasteiger partial charge is 0.330 e. The summed E-state index contributed by atoms with van der Waals surface area (Å²) in [6.07, 6.45) is 8.81. The van der Waals surface area contributed by atoms with E-state index in [9.17, 15) is 9.59 Å². The summed E-state index contributed by atoms with van der Waals surface area (Å²) < 4.78 is 0. The highest BCUT2D eigenvalue weighted by Crippen LogP contribution is 2.60. The van der Waals surface area contributed by atoms with E-state index in [2.05, 4.69) is 5.32 Å². The van der Waals surface area contributed by atoms with Crippen LogP contribution in [0.4, 0.5) is 5.69 Å². The van der Waals surface area contributed by atoms with Gasteiger partial charge in [0, 0.05) is 17.3 Å². The zero-order chi connectivity index (χ0) is 19.5. The number of amides is 2. The zero-order valence-corrected chi connectivity index (χ0v) is 17.3. The average Bonchev–Trinajstić information content (AvgIpc) is 3.12. The number of aryl methyl sites for hydroxylation is 1. The molecule has 0 spiro atoms. The summed E-state index contributed by atoms with van der Waals surface area (Å²) in [6, 6.07) is 5.15. The molecule has 4 aliphatic carbocycles. The van der Waals surface area contributed by atoms with Crippen LogP contribution in [-0.2, 0) is 9.59 Å². The van der Waals surface area contributed by atoms with Gasteiger partial charge in [0.25, 0.3) is 0 Å². The molecule has 0 aromatic heterocycles. The lowest BCUT2D eigenvalue weighted by molar-refractivity contribution is -0.160. The Hall–Kier alpha value is -1.55. The fraction of sp³-hybridized carbons (Fsp3) is 0.652. The van der Waals surface area contributed by atoms with Gasteiger partial charge >= 0.3 is 0 Å². The van der Waals surface area contributed by atoms with Gasteiger partial charge in [-0.25, -0.2) is 0 Å². The van der Waals surface area contributed by atoms with Crippen LogP contribution in [0, 0.1) is 30.1 Å². The maximum absolute atomic E-state index is 13.7. The Labute approximate surface area is 172 Å². The lowest BCUT2D eigenvalue weighted by Crippen LogP contribution is -2.56. The number of nitrogens with one attached hydrogen (secondary N) is 1. The molecule has 5 heteroatoms. The molecule has 4 saturated carbocycles. The quantitative estimate of drug-likeness (QED) is 0.792. The minimum Gasteiger partial charge on any atom is -0.330 e. The summed E-state index contributed by atoms with van der Waals surface area (Å²) in [7, 11) is 0. The molecule has 1 aromatic carbocycles. The van der Waals surface area contributed by atoms with Gasteiger partial charge in [-0.05, 0) is 99.8 Å². The Balaban J connectivity index is 1.34. The highest BCUT2D eigenvalue weighted by molar-refractivity contribution is 6.30. The molecule has 0 radical (unpaired) electrons. The first-order valence-corrected chi connectivity index (χ1v) is 11.2. The number of anilines is 1. The topological polar surface area (TPSA) is 49.4 Å². The lowest BCUT2D eigenvalue weighted by Gasteiger charge is -2.56. The first-order chi connectivity index (χ1) is 13.4. The number of carbonyl (C=O) groups excluding carboxylic acids is 2. The van der Waals surface area contributed by atoms with Crippen LogP contribution >= 0.6 is 11.6 Å². The van der Waals surface area contributed by atoms with Crippen LogP contribution in [0.5, 0.6) is 0 Å². The predicted octanol–water partition coefficient (Wildman–Crippen LogP) is 4.79. The second kappa shape index (κ2) is 6.76. The maximum Gasteiger partial charge on any atom is 0.247 e. The van der Waals surface area contributed by atoms with Crippen molar-refractivity contribution in [1.29, 1.82) is 0 Å². The third kappa shape index (κ3) is 3.04. The number of halogens is 1.